The van der Waals surface area contributed by atoms with Gasteiger partial charge in [0.05, 0.1) is 15.9 Å². The van der Waals surface area contributed by atoms with Gasteiger partial charge in [0.1, 0.15) is 0 Å². The van der Waals surface area contributed by atoms with Crippen LogP contribution in [0.1, 0.15) is 25.7 Å². The molecular weight excluding hydrogens is 402 g/mol. The van der Waals surface area contributed by atoms with E-state index in [1.165, 1.54) is 12.1 Å². The summed E-state index contributed by atoms with van der Waals surface area (Å²) in [4.78, 5) is 8.19. The zero-order chi connectivity index (χ0) is 18.9. The van der Waals surface area contributed by atoms with E-state index < -0.39 is 10.0 Å². The Morgan fingerprint density at radius 3 is 2.59 bits per heavy atom. The summed E-state index contributed by atoms with van der Waals surface area (Å²) in [7, 11) is -3.58. The predicted molar refractivity (Wildman–Crippen MR) is 110 cm³/mol. The van der Waals surface area contributed by atoms with Gasteiger partial charge in [-0.05, 0) is 49.2 Å². The molecule has 27 heavy (non-hydrogen) atoms. The number of hydrogen-bond donors (Lipinski definition) is 2. The first-order valence-corrected chi connectivity index (χ1v) is 11.6. The molecular formula is C19H20ClN3O2S2. The number of nitrogens with zero attached hydrogens (tertiary/aromatic N) is 1. The van der Waals surface area contributed by atoms with Crippen molar-refractivity contribution in [1.82, 2.24) is 14.7 Å². The second kappa shape index (κ2) is 7.83. The van der Waals surface area contributed by atoms with Crippen LogP contribution in [0.15, 0.2) is 58.6 Å². The number of halogens is 1. The fourth-order valence-corrected chi connectivity index (χ4v) is 6.17. The van der Waals surface area contributed by atoms with Gasteiger partial charge in [-0.1, -0.05) is 48.3 Å². The molecule has 0 spiro atoms. The number of benzene rings is 2. The standard InChI is InChI=1S/C19H20ClN3O2S2/c20-13-9-11-14(12-10-13)27(24,25)23-17-7-3-4-8-18(17)26-19-21-15-5-1-2-6-16(15)22-19/h1-2,5-6,9-12,17-18,23H,3-4,7-8H2,(H,21,22)/t17-,18-/m1/s1. The zero-order valence-corrected chi connectivity index (χ0v) is 16.9. The average Bonchev–Trinajstić information content (AvgIpc) is 3.06. The third-order valence-electron chi connectivity index (χ3n) is 4.76. The van der Waals surface area contributed by atoms with Gasteiger partial charge in [-0.15, -0.1) is 0 Å². The van der Waals surface area contributed by atoms with E-state index >= 15 is 0 Å². The number of para-hydroxylation sites is 2. The highest BCUT2D eigenvalue weighted by molar-refractivity contribution is 7.99. The van der Waals surface area contributed by atoms with Crippen LogP contribution in [0, 0.1) is 0 Å². The highest BCUT2D eigenvalue weighted by atomic mass is 35.5. The SMILES string of the molecule is O=S(=O)(N[C@@H]1CCCC[C@H]1Sc1nc2ccccc2[nH]1)c1ccc(Cl)cc1. The van der Waals surface area contributed by atoms with Crippen LogP contribution in [-0.2, 0) is 10.0 Å². The number of sulfonamides is 1. The third kappa shape index (κ3) is 4.32. The fourth-order valence-electron chi connectivity index (χ4n) is 3.38. The minimum Gasteiger partial charge on any atom is -0.333 e. The van der Waals surface area contributed by atoms with Gasteiger partial charge in [0.25, 0.3) is 0 Å². The molecule has 1 aliphatic carbocycles. The lowest BCUT2D eigenvalue weighted by Crippen LogP contribution is -2.43. The van der Waals surface area contributed by atoms with Crippen LogP contribution in [0.2, 0.25) is 5.02 Å². The Hall–Kier alpha value is -1.54. The van der Waals surface area contributed by atoms with E-state index in [0.29, 0.717) is 5.02 Å². The van der Waals surface area contributed by atoms with Gasteiger partial charge in [-0.25, -0.2) is 18.1 Å². The summed E-state index contributed by atoms with van der Waals surface area (Å²) in [6, 6.07) is 14.0. The maximum atomic E-state index is 12.8. The van der Waals surface area contributed by atoms with Crippen LogP contribution in [0.5, 0.6) is 0 Å². The summed E-state index contributed by atoms with van der Waals surface area (Å²) in [6.07, 6.45) is 3.89. The number of rotatable bonds is 5. The van der Waals surface area contributed by atoms with Crippen molar-refractivity contribution in [2.75, 3.05) is 0 Å². The van der Waals surface area contributed by atoms with Gasteiger partial charge in [-0.2, -0.15) is 0 Å². The molecule has 1 fully saturated rings. The predicted octanol–water partition coefficient (Wildman–Crippen LogP) is 4.60. The number of fused-ring (bicyclic) bond motifs is 1. The molecule has 4 rings (SSSR count). The van der Waals surface area contributed by atoms with E-state index in [4.69, 9.17) is 11.6 Å². The minimum absolute atomic E-state index is 0.127. The van der Waals surface area contributed by atoms with Crippen LogP contribution in [0.3, 0.4) is 0 Å². The van der Waals surface area contributed by atoms with Gasteiger partial charge in [0, 0.05) is 16.3 Å². The van der Waals surface area contributed by atoms with Crippen molar-refractivity contribution >= 4 is 44.4 Å². The molecule has 1 heterocycles. The number of nitrogens with one attached hydrogen (secondary N) is 2. The summed E-state index contributed by atoms with van der Waals surface area (Å²) < 4.78 is 28.4. The number of aromatic nitrogens is 2. The summed E-state index contributed by atoms with van der Waals surface area (Å²) in [5.74, 6) is 0. The van der Waals surface area contributed by atoms with Crippen LogP contribution < -0.4 is 4.72 Å². The highest BCUT2D eigenvalue weighted by Gasteiger charge is 2.31. The molecule has 0 unspecified atom stereocenters. The van der Waals surface area contributed by atoms with Crippen molar-refractivity contribution in [3.63, 3.8) is 0 Å². The van der Waals surface area contributed by atoms with Gasteiger partial charge in [0.15, 0.2) is 5.16 Å². The molecule has 0 bridgehead atoms. The van der Waals surface area contributed by atoms with Crippen molar-refractivity contribution in [2.45, 2.75) is 47.0 Å². The maximum absolute atomic E-state index is 12.8. The quantitative estimate of drug-likeness (QED) is 0.631. The zero-order valence-electron chi connectivity index (χ0n) is 14.6. The third-order valence-corrected chi connectivity index (χ3v) is 7.81. The van der Waals surface area contributed by atoms with E-state index in [1.54, 1.807) is 23.9 Å². The van der Waals surface area contributed by atoms with Crippen LogP contribution in [-0.4, -0.2) is 29.7 Å². The van der Waals surface area contributed by atoms with E-state index in [2.05, 4.69) is 14.7 Å². The largest absolute Gasteiger partial charge is 0.333 e. The maximum Gasteiger partial charge on any atom is 0.240 e. The van der Waals surface area contributed by atoms with Crippen molar-refractivity contribution in [1.29, 1.82) is 0 Å². The lowest BCUT2D eigenvalue weighted by atomic mass is 9.96. The Kier molecular flexibility index (Phi) is 5.45. The molecule has 142 valence electrons. The molecule has 0 aliphatic heterocycles. The molecule has 1 saturated carbocycles. The monoisotopic (exact) mass is 421 g/mol. The van der Waals surface area contributed by atoms with E-state index in [0.717, 1.165) is 41.9 Å². The Labute approximate surface area is 168 Å². The van der Waals surface area contributed by atoms with Crippen molar-refractivity contribution in [3.8, 4) is 0 Å². The molecule has 2 aromatic carbocycles. The highest BCUT2D eigenvalue weighted by Crippen LogP contribution is 2.34. The summed E-state index contributed by atoms with van der Waals surface area (Å²) in [5, 5.41) is 1.49. The van der Waals surface area contributed by atoms with Gasteiger partial charge in [0.2, 0.25) is 10.0 Å². The lowest BCUT2D eigenvalue weighted by molar-refractivity contribution is 0.422. The normalized spacial score (nSPS) is 20.8. The van der Waals surface area contributed by atoms with Crippen LogP contribution >= 0.6 is 23.4 Å². The van der Waals surface area contributed by atoms with Crippen molar-refractivity contribution in [3.05, 3.63) is 53.6 Å². The average molecular weight is 422 g/mol. The van der Waals surface area contributed by atoms with E-state index in [-0.39, 0.29) is 16.2 Å². The number of hydrogen-bond acceptors (Lipinski definition) is 4. The summed E-state index contributed by atoms with van der Waals surface area (Å²) in [5.41, 5.74) is 1.92. The van der Waals surface area contributed by atoms with Gasteiger partial charge >= 0.3 is 0 Å². The molecule has 2 atom stereocenters. The minimum atomic E-state index is -3.58. The van der Waals surface area contributed by atoms with Gasteiger partial charge < -0.3 is 4.98 Å². The van der Waals surface area contributed by atoms with Crippen LogP contribution in [0.4, 0.5) is 0 Å². The number of aromatic amines is 1. The number of imidazole rings is 1. The van der Waals surface area contributed by atoms with E-state index in [9.17, 15) is 8.42 Å². The first-order valence-electron chi connectivity index (χ1n) is 8.90. The molecule has 1 aromatic heterocycles. The summed E-state index contributed by atoms with van der Waals surface area (Å²) in [6.45, 7) is 0. The van der Waals surface area contributed by atoms with Crippen molar-refractivity contribution < 1.29 is 8.42 Å². The molecule has 8 heteroatoms. The second-order valence-corrected chi connectivity index (χ2v) is 10.1. The van der Waals surface area contributed by atoms with Crippen LogP contribution in [0.25, 0.3) is 11.0 Å². The molecule has 2 N–H and O–H groups in total. The molecule has 1 aliphatic rings. The fraction of sp³-hybridized carbons (Fsp3) is 0.316. The smallest absolute Gasteiger partial charge is 0.240 e. The Balaban J connectivity index is 1.52. The number of thioether (sulfide) groups is 1. The summed E-state index contributed by atoms with van der Waals surface area (Å²) >= 11 is 7.49. The molecule has 0 amide bonds. The first kappa shape index (κ1) is 18.8. The molecule has 0 saturated heterocycles. The first-order chi connectivity index (χ1) is 13.0. The van der Waals surface area contributed by atoms with Crippen molar-refractivity contribution in [2.24, 2.45) is 0 Å². The Morgan fingerprint density at radius 2 is 1.81 bits per heavy atom. The Bertz CT molecular complexity index is 1000. The molecule has 0 radical (unpaired) electrons. The van der Waals surface area contributed by atoms with Gasteiger partial charge in [-0.3, -0.25) is 0 Å². The molecule has 5 nitrogen and oxygen atoms in total. The molecule has 3 aromatic rings. The topological polar surface area (TPSA) is 74.8 Å². The lowest BCUT2D eigenvalue weighted by Gasteiger charge is -2.30. The Morgan fingerprint density at radius 1 is 1.07 bits per heavy atom. The van der Waals surface area contributed by atoms with E-state index in [1.807, 2.05) is 24.3 Å². The number of H-pyrrole nitrogens is 1. The second-order valence-electron chi connectivity index (χ2n) is 6.68.